The fraction of sp³-hybridized carbons (Fsp3) is 0.158. The van der Waals surface area contributed by atoms with E-state index < -0.39 is 18.0 Å². The zero-order valence-electron chi connectivity index (χ0n) is 14.3. The van der Waals surface area contributed by atoms with Crippen molar-refractivity contribution in [1.82, 2.24) is 4.98 Å². The van der Waals surface area contributed by atoms with E-state index in [1.807, 2.05) is 0 Å². The summed E-state index contributed by atoms with van der Waals surface area (Å²) < 4.78 is 15.9. The Morgan fingerprint density at radius 3 is 2.38 bits per heavy atom. The number of nitrogens with one attached hydrogen (secondary N) is 1. The minimum Gasteiger partial charge on any atom is -0.497 e. The highest BCUT2D eigenvalue weighted by molar-refractivity contribution is 5.98. The minimum absolute atomic E-state index is 0.175. The highest BCUT2D eigenvalue weighted by Crippen LogP contribution is 2.31. The maximum absolute atomic E-state index is 12.5. The van der Waals surface area contributed by atoms with E-state index in [1.165, 1.54) is 7.11 Å². The first-order chi connectivity index (χ1) is 12.5. The number of nitrogens with two attached hydrogens (primary N) is 1. The van der Waals surface area contributed by atoms with Crippen LogP contribution in [0, 0.1) is 0 Å². The Hall–Kier alpha value is -3.48. The van der Waals surface area contributed by atoms with Crippen LogP contribution in [0.5, 0.6) is 11.5 Å². The lowest BCUT2D eigenvalue weighted by Crippen LogP contribution is -2.26. The van der Waals surface area contributed by atoms with Crippen molar-refractivity contribution < 1.29 is 23.8 Å². The third-order valence-corrected chi connectivity index (χ3v) is 3.93. The maximum atomic E-state index is 12.5. The van der Waals surface area contributed by atoms with Crippen molar-refractivity contribution in [3.8, 4) is 11.5 Å². The molecule has 0 aliphatic rings. The highest BCUT2D eigenvalue weighted by Gasteiger charge is 2.24. The van der Waals surface area contributed by atoms with Gasteiger partial charge in [0, 0.05) is 17.0 Å². The molecule has 1 atom stereocenters. The standard InChI is InChI=1S/C19H18N2O5/c1-24-13-8-12-9-14(21-16(12)15(10-13)25-2)19(23)26-17(18(20)22)11-6-4-3-5-7-11/h3-10,17,21H,1-2H3,(H2,20,22). The Morgan fingerprint density at radius 2 is 1.77 bits per heavy atom. The second-order valence-electron chi connectivity index (χ2n) is 5.58. The van der Waals surface area contributed by atoms with Crippen LogP contribution in [-0.4, -0.2) is 31.1 Å². The molecule has 0 spiro atoms. The van der Waals surface area contributed by atoms with Gasteiger partial charge in [-0.1, -0.05) is 30.3 Å². The third-order valence-electron chi connectivity index (χ3n) is 3.93. The number of methoxy groups -OCH3 is 2. The summed E-state index contributed by atoms with van der Waals surface area (Å²) in [7, 11) is 3.06. The highest BCUT2D eigenvalue weighted by atomic mass is 16.5. The molecule has 0 radical (unpaired) electrons. The van der Waals surface area contributed by atoms with Gasteiger partial charge in [-0.3, -0.25) is 4.79 Å². The monoisotopic (exact) mass is 354 g/mol. The molecular weight excluding hydrogens is 336 g/mol. The van der Waals surface area contributed by atoms with Gasteiger partial charge in [0.1, 0.15) is 17.2 Å². The van der Waals surface area contributed by atoms with Gasteiger partial charge in [-0.2, -0.15) is 0 Å². The number of carbonyl (C=O) groups excluding carboxylic acids is 2. The molecule has 0 fully saturated rings. The molecule has 0 bridgehead atoms. The molecule has 7 heteroatoms. The van der Waals surface area contributed by atoms with Gasteiger partial charge < -0.3 is 24.9 Å². The van der Waals surface area contributed by atoms with Crippen LogP contribution in [0.25, 0.3) is 10.9 Å². The van der Waals surface area contributed by atoms with E-state index in [4.69, 9.17) is 19.9 Å². The molecule has 3 aromatic rings. The number of aromatic nitrogens is 1. The zero-order valence-corrected chi connectivity index (χ0v) is 14.3. The van der Waals surface area contributed by atoms with Crippen molar-refractivity contribution >= 4 is 22.8 Å². The van der Waals surface area contributed by atoms with Crippen molar-refractivity contribution in [1.29, 1.82) is 0 Å². The molecule has 1 unspecified atom stereocenters. The number of fused-ring (bicyclic) bond motifs is 1. The number of benzene rings is 2. The Balaban J connectivity index is 1.93. The predicted octanol–water partition coefficient (Wildman–Crippen LogP) is 2.57. The number of carbonyl (C=O) groups is 2. The van der Waals surface area contributed by atoms with Gasteiger partial charge in [0.2, 0.25) is 6.10 Å². The van der Waals surface area contributed by atoms with Crippen LogP contribution in [0.4, 0.5) is 0 Å². The van der Waals surface area contributed by atoms with Gasteiger partial charge in [-0.15, -0.1) is 0 Å². The average molecular weight is 354 g/mol. The van der Waals surface area contributed by atoms with Crippen molar-refractivity contribution in [2.24, 2.45) is 5.73 Å². The quantitative estimate of drug-likeness (QED) is 0.662. The van der Waals surface area contributed by atoms with E-state index in [1.54, 1.807) is 55.6 Å². The molecule has 0 saturated carbocycles. The molecule has 7 nitrogen and oxygen atoms in total. The molecule has 0 aliphatic heterocycles. The Morgan fingerprint density at radius 1 is 1.04 bits per heavy atom. The fourth-order valence-corrected chi connectivity index (χ4v) is 2.66. The Kier molecular flexibility index (Phi) is 4.79. The molecule has 3 N–H and O–H groups in total. The van der Waals surface area contributed by atoms with Crippen LogP contribution in [0.3, 0.4) is 0 Å². The van der Waals surface area contributed by atoms with Gasteiger partial charge in [0.05, 0.1) is 19.7 Å². The number of hydrogen-bond donors (Lipinski definition) is 2. The van der Waals surface area contributed by atoms with Gasteiger partial charge in [0.15, 0.2) is 0 Å². The molecule has 1 heterocycles. The van der Waals surface area contributed by atoms with Crippen molar-refractivity contribution in [2.75, 3.05) is 14.2 Å². The summed E-state index contributed by atoms with van der Waals surface area (Å²) in [5.41, 5.74) is 6.69. The Labute approximate surface area is 149 Å². The number of H-pyrrole nitrogens is 1. The van der Waals surface area contributed by atoms with E-state index in [-0.39, 0.29) is 5.69 Å². The topological polar surface area (TPSA) is 104 Å². The average Bonchev–Trinajstić information content (AvgIpc) is 3.09. The molecule has 1 amide bonds. The van der Waals surface area contributed by atoms with E-state index in [0.29, 0.717) is 28.0 Å². The number of esters is 1. The van der Waals surface area contributed by atoms with Crippen LogP contribution in [-0.2, 0) is 9.53 Å². The molecule has 3 rings (SSSR count). The molecule has 0 aliphatic carbocycles. The Bertz CT molecular complexity index is 949. The van der Waals surface area contributed by atoms with Crippen molar-refractivity contribution in [3.63, 3.8) is 0 Å². The van der Waals surface area contributed by atoms with E-state index >= 15 is 0 Å². The number of ether oxygens (including phenoxy) is 3. The summed E-state index contributed by atoms with van der Waals surface area (Å²) in [4.78, 5) is 27.2. The van der Waals surface area contributed by atoms with Gasteiger partial charge in [-0.05, 0) is 12.1 Å². The zero-order chi connectivity index (χ0) is 18.7. The van der Waals surface area contributed by atoms with Gasteiger partial charge in [-0.25, -0.2) is 4.79 Å². The van der Waals surface area contributed by atoms with Crippen LogP contribution in [0.15, 0.2) is 48.5 Å². The third kappa shape index (κ3) is 3.32. The second-order valence-corrected chi connectivity index (χ2v) is 5.58. The predicted molar refractivity (Wildman–Crippen MR) is 95.2 cm³/mol. The van der Waals surface area contributed by atoms with Crippen LogP contribution in [0.2, 0.25) is 0 Å². The molecular formula is C19H18N2O5. The summed E-state index contributed by atoms with van der Waals surface area (Å²) in [6.45, 7) is 0. The summed E-state index contributed by atoms with van der Waals surface area (Å²) >= 11 is 0. The van der Waals surface area contributed by atoms with Crippen LogP contribution < -0.4 is 15.2 Å². The van der Waals surface area contributed by atoms with Gasteiger partial charge in [0.25, 0.3) is 5.91 Å². The number of amides is 1. The molecule has 26 heavy (non-hydrogen) atoms. The maximum Gasteiger partial charge on any atom is 0.355 e. The molecule has 134 valence electrons. The van der Waals surface area contributed by atoms with Crippen LogP contribution >= 0.6 is 0 Å². The van der Waals surface area contributed by atoms with E-state index in [2.05, 4.69) is 4.98 Å². The summed E-state index contributed by atoms with van der Waals surface area (Å²) in [6, 6.07) is 13.7. The smallest absolute Gasteiger partial charge is 0.355 e. The summed E-state index contributed by atoms with van der Waals surface area (Å²) in [6.07, 6.45) is -1.17. The number of rotatable bonds is 6. The summed E-state index contributed by atoms with van der Waals surface area (Å²) in [5.74, 6) is -0.338. The normalized spacial score (nSPS) is 11.8. The molecule has 0 saturated heterocycles. The number of aromatic amines is 1. The summed E-state index contributed by atoms with van der Waals surface area (Å²) in [5, 5.41) is 0.712. The SMILES string of the molecule is COc1cc(OC)c2[nH]c(C(=O)OC(C(N)=O)c3ccccc3)cc2c1. The first-order valence-electron chi connectivity index (χ1n) is 7.83. The number of hydrogen-bond acceptors (Lipinski definition) is 5. The lowest BCUT2D eigenvalue weighted by atomic mass is 10.1. The molecule has 1 aromatic heterocycles. The van der Waals surface area contributed by atoms with Gasteiger partial charge >= 0.3 is 5.97 Å². The first-order valence-corrected chi connectivity index (χ1v) is 7.83. The lowest BCUT2D eigenvalue weighted by Gasteiger charge is -2.14. The van der Waals surface area contributed by atoms with E-state index in [0.717, 1.165) is 0 Å². The minimum atomic E-state index is -1.17. The van der Waals surface area contributed by atoms with Crippen molar-refractivity contribution in [3.05, 3.63) is 59.8 Å². The lowest BCUT2D eigenvalue weighted by molar-refractivity contribution is -0.127. The molecule has 2 aromatic carbocycles. The first kappa shape index (κ1) is 17.3. The van der Waals surface area contributed by atoms with Crippen molar-refractivity contribution in [2.45, 2.75) is 6.10 Å². The number of primary amides is 1. The fourth-order valence-electron chi connectivity index (χ4n) is 2.66. The second kappa shape index (κ2) is 7.18. The largest absolute Gasteiger partial charge is 0.497 e. The van der Waals surface area contributed by atoms with Crippen LogP contribution in [0.1, 0.15) is 22.2 Å². The van der Waals surface area contributed by atoms with E-state index in [9.17, 15) is 9.59 Å².